The summed E-state index contributed by atoms with van der Waals surface area (Å²) in [5, 5.41) is 17.7. The number of benzene rings is 1. The molecule has 2 aromatic rings. The maximum atomic E-state index is 8.36. The van der Waals surface area contributed by atoms with Crippen LogP contribution in [0.3, 0.4) is 0 Å². The highest BCUT2D eigenvalue weighted by atomic mass is 32.1. The minimum absolute atomic E-state index is 0.0644. The predicted molar refractivity (Wildman–Crippen MR) is 94.1 cm³/mol. The van der Waals surface area contributed by atoms with Crippen LogP contribution in [0.1, 0.15) is 28.5 Å². The Bertz CT molecular complexity index is 717. The van der Waals surface area contributed by atoms with Gasteiger partial charge in [0.1, 0.15) is 5.75 Å². The Labute approximate surface area is 144 Å². The van der Waals surface area contributed by atoms with Crippen LogP contribution in [0.15, 0.2) is 24.3 Å². The Balaban J connectivity index is 0.000000647. The molecule has 5 N–H and O–H groups in total. The van der Waals surface area contributed by atoms with Gasteiger partial charge in [-0.1, -0.05) is 12.1 Å². The van der Waals surface area contributed by atoms with Gasteiger partial charge in [-0.15, -0.1) is 11.3 Å². The summed E-state index contributed by atoms with van der Waals surface area (Å²) in [7, 11) is 1.70. The van der Waals surface area contributed by atoms with Crippen molar-refractivity contribution in [3.8, 4) is 5.75 Å². The summed E-state index contributed by atoms with van der Waals surface area (Å²) < 4.78 is 5.31. The van der Waals surface area contributed by atoms with Crippen LogP contribution in [0.4, 0.5) is 5.13 Å². The SMILES string of the molecule is COc1cccc(C2CCc3nc(NC(=N)N)sc3C2)c1.O=CO. The molecule has 128 valence electrons. The van der Waals surface area contributed by atoms with Gasteiger partial charge in [0.2, 0.25) is 0 Å². The van der Waals surface area contributed by atoms with Gasteiger partial charge in [-0.25, -0.2) is 4.98 Å². The molecule has 0 aliphatic heterocycles. The fourth-order valence-electron chi connectivity index (χ4n) is 2.72. The summed E-state index contributed by atoms with van der Waals surface area (Å²) in [6.45, 7) is -0.250. The molecule has 24 heavy (non-hydrogen) atoms. The van der Waals surface area contributed by atoms with Crippen molar-refractivity contribution in [3.05, 3.63) is 40.4 Å². The molecule has 0 saturated carbocycles. The maximum absolute atomic E-state index is 8.36. The summed E-state index contributed by atoms with van der Waals surface area (Å²) in [6.07, 6.45) is 3.04. The van der Waals surface area contributed by atoms with E-state index < -0.39 is 0 Å². The number of aryl methyl sites for hydroxylation is 1. The summed E-state index contributed by atoms with van der Waals surface area (Å²) in [5.41, 5.74) is 7.81. The number of anilines is 1. The van der Waals surface area contributed by atoms with Crippen LogP contribution in [-0.4, -0.2) is 29.6 Å². The first-order chi connectivity index (χ1) is 11.6. The first-order valence-corrected chi connectivity index (χ1v) is 8.20. The number of rotatable bonds is 3. The van der Waals surface area contributed by atoms with E-state index >= 15 is 0 Å². The monoisotopic (exact) mass is 348 g/mol. The molecule has 1 heterocycles. The average molecular weight is 348 g/mol. The Morgan fingerprint density at radius 1 is 1.58 bits per heavy atom. The number of fused-ring (bicyclic) bond motifs is 1. The highest BCUT2D eigenvalue weighted by Gasteiger charge is 2.24. The molecule has 0 amide bonds. The molecule has 0 spiro atoms. The number of hydrogen-bond acceptors (Lipinski definition) is 5. The van der Waals surface area contributed by atoms with Gasteiger partial charge in [0.25, 0.3) is 6.47 Å². The van der Waals surface area contributed by atoms with Crippen molar-refractivity contribution >= 4 is 28.9 Å². The minimum atomic E-state index is -0.250. The Kier molecular flexibility index (Phi) is 6.14. The minimum Gasteiger partial charge on any atom is -0.497 e. The molecule has 8 heteroatoms. The lowest BCUT2D eigenvalue weighted by atomic mass is 9.85. The van der Waals surface area contributed by atoms with Gasteiger partial charge >= 0.3 is 0 Å². The normalized spacial score (nSPS) is 15.5. The topological polar surface area (TPSA) is 121 Å². The zero-order valence-electron chi connectivity index (χ0n) is 13.3. The van der Waals surface area contributed by atoms with E-state index in [-0.39, 0.29) is 12.4 Å². The smallest absolute Gasteiger partial charge is 0.290 e. The molecule has 1 aliphatic rings. The van der Waals surface area contributed by atoms with Crippen molar-refractivity contribution in [2.24, 2.45) is 5.73 Å². The van der Waals surface area contributed by atoms with Crippen molar-refractivity contribution in [3.63, 3.8) is 0 Å². The van der Waals surface area contributed by atoms with Gasteiger partial charge in [-0.05, 0) is 42.9 Å². The molecule has 7 nitrogen and oxygen atoms in total. The van der Waals surface area contributed by atoms with Gasteiger partial charge in [0.05, 0.1) is 12.8 Å². The molecule has 1 aromatic carbocycles. The number of nitrogens with one attached hydrogen (secondary N) is 2. The summed E-state index contributed by atoms with van der Waals surface area (Å²) in [4.78, 5) is 14.2. The average Bonchev–Trinajstić information content (AvgIpc) is 2.96. The van der Waals surface area contributed by atoms with Gasteiger partial charge in [-0.3, -0.25) is 10.2 Å². The third-order valence-electron chi connectivity index (χ3n) is 3.75. The number of carboxylic acid groups (broad SMARTS) is 1. The number of hydrogen-bond donors (Lipinski definition) is 4. The fourth-order valence-corrected chi connectivity index (χ4v) is 3.82. The zero-order valence-corrected chi connectivity index (χ0v) is 14.1. The second kappa shape index (κ2) is 8.30. The molecule has 0 bridgehead atoms. The standard InChI is InChI=1S/C15H18N4OS.CH2O2/c1-20-11-4-2-3-9(7-11)10-5-6-12-13(8-10)21-15(18-12)19-14(16)17;2-1-3/h2-4,7,10H,5-6,8H2,1H3,(H4,16,17,18,19);1H,(H,2,3). The molecule has 0 radical (unpaired) electrons. The summed E-state index contributed by atoms with van der Waals surface area (Å²) in [6, 6.07) is 8.29. The number of methoxy groups -OCH3 is 1. The first kappa shape index (κ1) is 17.7. The lowest BCUT2D eigenvalue weighted by Gasteiger charge is -2.21. The predicted octanol–water partition coefficient (Wildman–Crippen LogP) is 2.43. The van der Waals surface area contributed by atoms with Crippen LogP contribution in [0.5, 0.6) is 5.75 Å². The second-order valence-corrected chi connectivity index (χ2v) is 6.33. The molecule has 1 atom stereocenters. The molecule has 3 rings (SSSR count). The van der Waals surface area contributed by atoms with Gasteiger partial charge in [0.15, 0.2) is 11.1 Å². The van der Waals surface area contributed by atoms with E-state index in [1.165, 1.54) is 10.4 Å². The number of nitrogens with two attached hydrogens (primary N) is 1. The quantitative estimate of drug-likeness (QED) is 0.384. The number of guanidine groups is 1. The van der Waals surface area contributed by atoms with E-state index in [0.717, 1.165) is 35.8 Å². The lowest BCUT2D eigenvalue weighted by molar-refractivity contribution is -0.122. The zero-order chi connectivity index (χ0) is 17.5. The molecule has 1 aromatic heterocycles. The maximum Gasteiger partial charge on any atom is 0.290 e. The van der Waals surface area contributed by atoms with Crippen molar-refractivity contribution < 1.29 is 14.6 Å². The van der Waals surface area contributed by atoms with Crippen molar-refractivity contribution in [2.75, 3.05) is 12.4 Å². The fraction of sp³-hybridized carbons (Fsp3) is 0.312. The molecule has 0 saturated heterocycles. The van der Waals surface area contributed by atoms with E-state index in [4.69, 9.17) is 25.8 Å². The Morgan fingerprint density at radius 3 is 3.00 bits per heavy atom. The van der Waals surface area contributed by atoms with Gasteiger partial charge in [0, 0.05) is 4.88 Å². The molecule has 1 aliphatic carbocycles. The van der Waals surface area contributed by atoms with E-state index in [9.17, 15) is 0 Å². The second-order valence-electron chi connectivity index (χ2n) is 5.25. The number of thiazole rings is 1. The summed E-state index contributed by atoms with van der Waals surface area (Å²) in [5.74, 6) is 1.34. The van der Waals surface area contributed by atoms with E-state index in [2.05, 4.69) is 22.4 Å². The number of nitrogens with zero attached hydrogens (tertiary/aromatic N) is 1. The number of ether oxygens (including phenoxy) is 1. The van der Waals surface area contributed by atoms with E-state index in [1.807, 2.05) is 12.1 Å². The van der Waals surface area contributed by atoms with Crippen LogP contribution in [0.25, 0.3) is 0 Å². The van der Waals surface area contributed by atoms with Crippen LogP contribution in [0.2, 0.25) is 0 Å². The molecular weight excluding hydrogens is 328 g/mol. The van der Waals surface area contributed by atoms with Crippen LogP contribution >= 0.6 is 11.3 Å². The van der Waals surface area contributed by atoms with Crippen LogP contribution < -0.4 is 15.8 Å². The third kappa shape index (κ3) is 4.45. The summed E-state index contributed by atoms with van der Waals surface area (Å²) >= 11 is 1.60. The molecular formula is C16H20N4O3S. The largest absolute Gasteiger partial charge is 0.497 e. The van der Waals surface area contributed by atoms with Gasteiger partial charge in [-0.2, -0.15) is 0 Å². The number of carbonyl (C=O) groups is 1. The Hall–Kier alpha value is -2.61. The van der Waals surface area contributed by atoms with Crippen molar-refractivity contribution in [2.45, 2.75) is 25.2 Å². The van der Waals surface area contributed by atoms with E-state index in [0.29, 0.717) is 5.92 Å². The van der Waals surface area contributed by atoms with Crippen LogP contribution in [-0.2, 0) is 17.6 Å². The third-order valence-corrected chi connectivity index (χ3v) is 4.78. The van der Waals surface area contributed by atoms with Crippen molar-refractivity contribution in [1.29, 1.82) is 5.41 Å². The first-order valence-electron chi connectivity index (χ1n) is 7.38. The van der Waals surface area contributed by atoms with Gasteiger partial charge < -0.3 is 20.9 Å². The molecule has 0 fully saturated rings. The number of aromatic nitrogens is 1. The van der Waals surface area contributed by atoms with Crippen LogP contribution in [0, 0.1) is 5.41 Å². The van der Waals surface area contributed by atoms with E-state index in [1.54, 1.807) is 18.4 Å². The van der Waals surface area contributed by atoms with Crippen molar-refractivity contribution in [1.82, 2.24) is 4.98 Å². The lowest BCUT2D eigenvalue weighted by Crippen LogP contribution is -2.20. The highest BCUT2D eigenvalue weighted by Crippen LogP contribution is 2.37. The Morgan fingerprint density at radius 2 is 2.33 bits per heavy atom. The molecule has 1 unspecified atom stereocenters. The highest BCUT2D eigenvalue weighted by molar-refractivity contribution is 7.15.